The predicted octanol–water partition coefficient (Wildman–Crippen LogP) is -0.494. The molecule has 1 aliphatic heterocycles. The number of carbonyl (C=O) groups excluding carboxylic acids is 2. The van der Waals surface area contributed by atoms with Crippen LogP contribution >= 0.6 is 0 Å². The molecule has 0 amide bonds. The number of amidine groups is 1. The smallest absolute Gasteiger partial charge is 0.286 e. The van der Waals surface area contributed by atoms with Crippen LogP contribution in [0.4, 0.5) is 11.4 Å². The Morgan fingerprint density at radius 2 is 1.70 bits per heavy atom. The zero-order valence-corrected chi connectivity index (χ0v) is 21.9. The highest BCUT2D eigenvalue weighted by Gasteiger charge is 2.56. The van der Waals surface area contributed by atoms with E-state index in [1.54, 1.807) is 0 Å². The van der Waals surface area contributed by atoms with Crippen molar-refractivity contribution in [1.82, 2.24) is 10.2 Å². The number of nitrogens with zero attached hydrogens (tertiary/aromatic N) is 1. The van der Waals surface area contributed by atoms with Crippen LogP contribution in [0.5, 0.6) is 0 Å². The summed E-state index contributed by atoms with van der Waals surface area (Å²) >= 11 is 0. The highest BCUT2D eigenvalue weighted by atomic mass is 32.2. The number of hydrogen-bond acceptors (Lipinski definition) is 11. The fourth-order valence-electron chi connectivity index (χ4n) is 4.14. The minimum absolute atomic E-state index is 0.0512. The number of anilines is 2. The van der Waals surface area contributed by atoms with Crippen molar-refractivity contribution in [3.63, 3.8) is 0 Å². The monoisotopic (exact) mass is 571 g/mol. The van der Waals surface area contributed by atoms with Gasteiger partial charge in [0.15, 0.2) is 17.2 Å². The standard InChI is InChI=1S/C20H21N5O9S3/c1-34-24-20(25-36(3,30)31)13-7-5-4-6-12(13)17(26)16(18(20)27)19-21-14-9-8-11(22-35(2,28)29)10-15(14)37(32,33)23-19/h4-10,16,22,24-25H,1-3H3,(H,21,23)/t16?,20-/m0/s1. The van der Waals surface area contributed by atoms with Crippen LogP contribution in [0.15, 0.2) is 51.8 Å². The Hall–Kier alpha value is -3.22. The summed E-state index contributed by atoms with van der Waals surface area (Å²) < 4.78 is 81.6. The quantitative estimate of drug-likeness (QED) is 0.189. The van der Waals surface area contributed by atoms with Gasteiger partial charge in [0.2, 0.25) is 20.0 Å². The van der Waals surface area contributed by atoms with E-state index in [1.807, 2.05) is 0 Å². The van der Waals surface area contributed by atoms with Crippen molar-refractivity contribution in [2.45, 2.75) is 10.6 Å². The van der Waals surface area contributed by atoms with Gasteiger partial charge in [-0.2, -0.15) is 18.6 Å². The van der Waals surface area contributed by atoms with E-state index in [1.165, 1.54) is 36.4 Å². The van der Waals surface area contributed by atoms with Gasteiger partial charge in [-0.05, 0) is 18.2 Å². The maximum absolute atomic E-state index is 13.8. The molecule has 0 radical (unpaired) electrons. The number of ketones is 2. The number of carbonyl (C=O) groups is 2. The van der Waals surface area contributed by atoms with Crippen molar-refractivity contribution in [2.75, 3.05) is 29.7 Å². The van der Waals surface area contributed by atoms with Gasteiger partial charge in [-0.3, -0.25) is 14.3 Å². The number of hydroxylamine groups is 1. The second-order valence-corrected chi connectivity index (χ2v) is 13.4. The van der Waals surface area contributed by atoms with E-state index in [0.717, 1.165) is 25.7 Å². The molecule has 0 saturated carbocycles. The minimum Gasteiger partial charge on any atom is -0.341 e. The molecule has 2 aromatic carbocycles. The SMILES string of the molecule is CON[C@@]1(NS(C)(=O)=O)C(=O)C(C2=NS(=O)(=O)c3cc(NS(C)(=O)=O)ccc3N2)C(=O)c2ccccc21. The normalized spacial score (nSPS) is 22.9. The van der Waals surface area contributed by atoms with E-state index >= 15 is 0 Å². The molecular weight excluding hydrogens is 550 g/mol. The molecule has 1 heterocycles. The molecule has 2 atom stereocenters. The Balaban J connectivity index is 1.88. The summed E-state index contributed by atoms with van der Waals surface area (Å²) in [5.41, 5.74) is -0.224. The Bertz CT molecular complexity index is 1690. The van der Waals surface area contributed by atoms with Crippen LogP contribution in [0.3, 0.4) is 0 Å². The molecule has 2 aromatic rings. The fraction of sp³-hybridized carbons (Fsp3) is 0.250. The summed E-state index contributed by atoms with van der Waals surface area (Å²) in [6.45, 7) is 0. The van der Waals surface area contributed by atoms with Crippen molar-refractivity contribution in [3.05, 3.63) is 53.6 Å². The molecule has 1 unspecified atom stereocenters. The van der Waals surface area contributed by atoms with E-state index in [0.29, 0.717) is 0 Å². The zero-order valence-electron chi connectivity index (χ0n) is 19.5. The van der Waals surface area contributed by atoms with Gasteiger partial charge in [-0.1, -0.05) is 24.3 Å². The van der Waals surface area contributed by atoms with Gasteiger partial charge in [0.25, 0.3) is 10.0 Å². The van der Waals surface area contributed by atoms with Gasteiger partial charge in [0.05, 0.1) is 25.3 Å². The van der Waals surface area contributed by atoms with Crippen LogP contribution < -0.4 is 20.2 Å². The van der Waals surface area contributed by atoms with E-state index in [-0.39, 0.29) is 22.5 Å². The van der Waals surface area contributed by atoms with E-state index in [2.05, 4.69) is 24.6 Å². The Labute approximate surface area is 212 Å². The first-order valence-corrected chi connectivity index (χ1v) is 15.5. The molecule has 198 valence electrons. The minimum atomic E-state index is -4.53. The molecule has 0 fully saturated rings. The summed E-state index contributed by atoms with van der Waals surface area (Å²) in [7, 11) is -11.2. The number of benzene rings is 2. The molecule has 4 N–H and O–H groups in total. The summed E-state index contributed by atoms with van der Waals surface area (Å²) in [6.07, 6.45) is 1.69. The molecule has 0 spiro atoms. The van der Waals surface area contributed by atoms with Crippen LogP contribution in [-0.4, -0.2) is 62.3 Å². The average molecular weight is 572 g/mol. The first kappa shape index (κ1) is 26.8. The van der Waals surface area contributed by atoms with Gasteiger partial charge in [0.1, 0.15) is 16.6 Å². The number of sulfonamides is 3. The van der Waals surface area contributed by atoms with Gasteiger partial charge in [-0.15, -0.1) is 4.40 Å². The van der Waals surface area contributed by atoms with Crippen LogP contribution in [-0.2, 0) is 45.4 Å². The number of fused-ring (bicyclic) bond motifs is 2. The fourth-order valence-corrected chi connectivity index (χ4v) is 6.69. The molecule has 4 rings (SSSR count). The zero-order chi connectivity index (χ0) is 27.4. The van der Waals surface area contributed by atoms with Crippen LogP contribution in [0.2, 0.25) is 0 Å². The second-order valence-electron chi connectivity index (χ2n) is 8.30. The van der Waals surface area contributed by atoms with Crippen LogP contribution in [0.1, 0.15) is 15.9 Å². The Morgan fingerprint density at radius 3 is 2.32 bits per heavy atom. The Morgan fingerprint density at radius 1 is 1.03 bits per heavy atom. The lowest BCUT2D eigenvalue weighted by molar-refractivity contribution is -0.135. The number of Topliss-reactive ketones (excluding diaryl/α,β-unsaturated/α-hetero) is 2. The van der Waals surface area contributed by atoms with Gasteiger partial charge in [-0.25, -0.2) is 16.8 Å². The highest BCUT2D eigenvalue weighted by molar-refractivity contribution is 7.92. The molecule has 1 aliphatic carbocycles. The molecule has 0 aromatic heterocycles. The topological polar surface area (TPSA) is 206 Å². The third-order valence-corrected chi connectivity index (χ3v) is 8.02. The van der Waals surface area contributed by atoms with Crippen LogP contribution in [0.25, 0.3) is 0 Å². The summed E-state index contributed by atoms with van der Waals surface area (Å²) in [5, 5.41) is 2.65. The van der Waals surface area contributed by atoms with E-state index < -0.39 is 63.9 Å². The lowest BCUT2D eigenvalue weighted by Gasteiger charge is -2.40. The van der Waals surface area contributed by atoms with E-state index in [4.69, 9.17) is 4.84 Å². The third-order valence-electron chi connectivity index (χ3n) is 5.40. The number of rotatable bonds is 7. The first-order valence-electron chi connectivity index (χ1n) is 10.3. The molecule has 0 bridgehead atoms. The highest BCUT2D eigenvalue weighted by Crippen LogP contribution is 2.38. The molecule has 2 aliphatic rings. The lowest BCUT2D eigenvalue weighted by Crippen LogP contribution is -2.66. The average Bonchev–Trinajstić information content (AvgIpc) is 2.76. The number of hydrogen-bond donors (Lipinski definition) is 4. The maximum Gasteiger partial charge on any atom is 0.286 e. The largest absolute Gasteiger partial charge is 0.341 e. The number of nitrogens with one attached hydrogen (secondary N) is 4. The molecular formula is C20H21N5O9S3. The molecule has 37 heavy (non-hydrogen) atoms. The van der Waals surface area contributed by atoms with Crippen molar-refractivity contribution in [2.24, 2.45) is 10.3 Å². The molecule has 17 heteroatoms. The second kappa shape index (κ2) is 8.96. The van der Waals surface area contributed by atoms with E-state index in [9.17, 15) is 34.8 Å². The maximum atomic E-state index is 13.8. The molecule has 14 nitrogen and oxygen atoms in total. The predicted molar refractivity (Wildman–Crippen MR) is 132 cm³/mol. The lowest BCUT2D eigenvalue weighted by atomic mass is 9.74. The summed E-state index contributed by atoms with van der Waals surface area (Å²) in [4.78, 5) is 31.8. The summed E-state index contributed by atoms with van der Waals surface area (Å²) in [5.74, 6) is -4.38. The van der Waals surface area contributed by atoms with Crippen molar-refractivity contribution in [3.8, 4) is 0 Å². The van der Waals surface area contributed by atoms with Crippen molar-refractivity contribution in [1.29, 1.82) is 0 Å². The first-order chi connectivity index (χ1) is 17.1. The Kier molecular flexibility index (Phi) is 6.50. The van der Waals surface area contributed by atoms with Crippen molar-refractivity contribution < 1.29 is 39.7 Å². The van der Waals surface area contributed by atoms with Crippen LogP contribution in [0, 0.1) is 5.92 Å². The van der Waals surface area contributed by atoms with Gasteiger partial charge in [0, 0.05) is 16.8 Å². The molecule has 0 saturated heterocycles. The van der Waals surface area contributed by atoms with Gasteiger partial charge >= 0.3 is 0 Å². The van der Waals surface area contributed by atoms with Crippen molar-refractivity contribution >= 4 is 58.8 Å². The summed E-state index contributed by atoms with van der Waals surface area (Å²) in [6, 6.07) is 9.20. The third kappa shape index (κ3) is 5.00. The van der Waals surface area contributed by atoms with Gasteiger partial charge < -0.3 is 10.2 Å².